The Morgan fingerprint density at radius 3 is 2.11 bits per heavy atom. The summed E-state index contributed by atoms with van der Waals surface area (Å²) in [4.78, 5) is 11.3. The van der Waals surface area contributed by atoms with Crippen molar-refractivity contribution < 1.29 is 0 Å². The van der Waals surface area contributed by atoms with E-state index >= 15 is 0 Å². The van der Waals surface area contributed by atoms with E-state index in [4.69, 9.17) is 0 Å². The van der Waals surface area contributed by atoms with Gasteiger partial charge in [0.15, 0.2) is 0 Å². The highest BCUT2D eigenvalue weighted by Gasteiger charge is 2.38. The summed E-state index contributed by atoms with van der Waals surface area (Å²) in [5.41, 5.74) is 12.6. The van der Waals surface area contributed by atoms with Crippen LogP contribution in [0, 0.1) is 6.92 Å². The zero-order chi connectivity index (χ0) is 33.3. The van der Waals surface area contributed by atoms with Crippen LogP contribution in [0.2, 0.25) is 0 Å². The minimum atomic E-state index is -0.356. The maximum Gasteiger partial charge on any atom is 0.142 e. The van der Waals surface area contributed by atoms with Crippen molar-refractivity contribution in [1.29, 1.82) is 0 Å². The number of benzene rings is 4. The zero-order valence-corrected chi connectivity index (χ0v) is 28.0. The number of fused-ring (bicyclic) bond motifs is 2. The van der Waals surface area contributed by atoms with Crippen LogP contribution >= 0.6 is 0 Å². The molecule has 0 fully saturated rings. The maximum absolute atomic E-state index is 4.68. The normalized spacial score (nSPS) is 13.9. The summed E-state index contributed by atoms with van der Waals surface area (Å²) in [5, 5.41) is 2.43. The van der Waals surface area contributed by atoms with Crippen molar-refractivity contribution in [3.63, 3.8) is 0 Å². The van der Waals surface area contributed by atoms with Gasteiger partial charge in [-0.1, -0.05) is 118 Å². The number of nitrogens with zero attached hydrogens (tertiary/aromatic N) is 3. The van der Waals surface area contributed by atoms with Crippen LogP contribution in [0.3, 0.4) is 0 Å². The second-order valence-corrected chi connectivity index (χ2v) is 12.7. The highest BCUT2D eigenvalue weighted by Crippen LogP contribution is 2.50. The lowest BCUT2D eigenvalue weighted by atomic mass is 9.73. The Balaban J connectivity index is 1.53. The Morgan fingerprint density at radius 2 is 1.51 bits per heavy atom. The molecule has 0 aliphatic carbocycles. The van der Waals surface area contributed by atoms with Gasteiger partial charge in [-0.25, -0.2) is 9.98 Å². The standard InChI is InChI=1S/C44H41N3/c1-9-11-16-33(29(3)4)38-27-31(23-22-30(38)5)34-17-14-20-37-35(18-15-19-36(34)37)32-24-25-41-40(28-32)44(6,7)39(10-2)43(45-8)47(41)42-21-12-13-26-46-42/h9-28H,1-2,8H2,3-7H3/b16-11-. The van der Waals surface area contributed by atoms with Gasteiger partial charge in [-0.2, -0.15) is 0 Å². The molecule has 0 N–H and O–H groups in total. The molecule has 1 aliphatic rings. The molecule has 0 radical (unpaired) electrons. The van der Waals surface area contributed by atoms with E-state index in [-0.39, 0.29) is 5.41 Å². The van der Waals surface area contributed by atoms with Gasteiger partial charge >= 0.3 is 0 Å². The van der Waals surface area contributed by atoms with Crippen molar-refractivity contribution in [2.45, 2.75) is 40.0 Å². The van der Waals surface area contributed by atoms with Crippen LogP contribution in [0.15, 0.2) is 157 Å². The summed E-state index contributed by atoms with van der Waals surface area (Å²) in [5.74, 6) is 1.55. The molecule has 0 atom stereocenters. The summed E-state index contributed by atoms with van der Waals surface area (Å²) in [6.07, 6.45) is 9.71. The monoisotopic (exact) mass is 611 g/mol. The summed E-state index contributed by atoms with van der Waals surface area (Å²) in [6, 6.07) is 32.7. The number of aliphatic imine (C=N–C) groups is 1. The topological polar surface area (TPSA) is 28.5 Å². The number of hydrogen-bond acceptors (Lipinski definition) is 3. The average Bonchev–Trinajstić information content (AvgIpc) is 3.08. The minimum Gasteiger partial charge on any atom is -0.278 e. The van der Waals surface area contributed by atoms with Gasteiger partial charge in [0.25, 0.3) is 0 Å². The van der Waals surface area contributed by atoms with E-state index in [1.807, 2.05) is 36.4 Å². The molecule has 2 heterocycles. The van der Waals surface area contributed by atoms with Gasteiger partial charge < -0.3 is 0 Å². The Labute approximate surface area is 279 Å². The van der Waals surface area contributed by atoms with Crippen LogP contribution in [0.25, 0.3) is 38.6 Å². The number of rotatable bonds is 8. The maximum atomic E-state index is 4.68. The molecular weight excluding hydrogens is 571 g/mol. The van der Waals surface area contributed by atoms with E-state index in [1.165, 1.54) is 55.3 Å². The number of aromatic nitrogens is 1. The predicted octanol–water partition coefficient (Wildman–Crippen LogP) is 11.9. The highest BCUT2D eigenvalue weighted by atomic mass is 15.3. The molecule has 1 aromatic heterocycles. The van der Waals surface area contributed by atoms with Gasteiger partial charge in [-0.15, -0.1) is 0 Å². The number of aryl methyl sites for hydroxylation is 1. The van der Waals surface area contributed by atoms with Gasteiger partial charge in [0.05, 0.1) is 5.69 Å². The summed E-state index contributed by atoms with van der Waals surface area (Å²) < 4.78 is 0. The van der Waals surface area contributed by atoms with E-state index in [0.717, 1.165) is 28.5 Å². The lowest BCUT2D eigenvalue weighted by Gasteiger charge is -2.41. The average molecular weight is 612 g/mol. The van der Waals surface area contributed by atoms with E-state index in [1.54, 1.807) is 6.20 Å². The van der Waals surface area contributed by atoms with Gasteiger partial charge in [-0.05, 0) is 113 Å². The fourth-order valence-electron chi connectivity index (χ4n) is 6.86. The molecule has 0 saturated heterocycles. The van der Waals surface area contributed by atoms with Crippen LogP contribution in [0.4, 0.5) is 11.5 Å². The lowest BCUT2D eigenvalue weighted by Crippen LogP contribution is -2.33. The molecule has 47 heavy (non-hydrogen) atoms. The molecule has 6 rings (SSSR count). The molecule has 0 amide bonds. The third-order valence-electron chi connectivity index (χ3n) is 9.28. The largest absolute Gasteiger partial charge is 0.278 e. The Hall–Kier alpha value is -5.54. The molecule has 0 spiro atoms. The molecule has 5 aromatic rings. The second kappa shape index (κ2) is 12.7. The first-order valence-electron chi connectivity index (χ1n) is 16.0. The number of hydrogen-bond donors (Lipinski definition) is 0. The van der Waals surface area contributed by atoms with Crippen LogP contribution in [0.1, 0.15) is 44.4 Å². The molecule has 3 heteroatoms. The van der Waals surface area contributed by atoms with Crippen molar-refractivity contribution >= 4 is 34.6 Å². The van der Waals surface area contributed by atoms with Crippen LogP contribution in [0.5, 0.6) is 0 Å². The van der Waals surface area contributed by atoms with Gasteiger partial charge in [0.2, 0.25) is 0 Å². The van der Waals surface area contributed by atoms with Gasteiger partial charge in [0, 0.05) is 17.2 Å². The Bertz CT molecular complexity index is 2140. The SMILES string of the molecule is C=C/C=C\C(=C(C)C)c1cc(-c2cccc3c(-c4ccc5c(c4)C(C)(C)C(C=C)=C(N=C)N5c4ccccn4)cccc23)ccc1C. The van der Waals surface area contributed by atoms with Gasteiger partial charge in [0.1, 0.15) is 11.6 Å². The van der Waals surface area contributed by atoms with E-state index in [0.29, 0.717) is 0 Å². The molecule has 3 nitrogen and oxygen atoms in total. The van der Waals surface area contributed by atoms with Crippen molar-refractivity contribution in [3.8, 4) is 22.3 Å². The van der Waals surface area contributed by atoms with E-state index < -0.39 is 0 Å². The van der Waals surface area contributed by atoms with Crippen LogP contribution in [-0.4, -0.2) is 11.7 Å². The smallest absolute Gasteiger partial charge is 0.142 e. The predicted molar refractivity (Wildman–Crippen MR) is 203 cm³/mol. The first-order chi connectivity index (χ1) is 22.7. The second-order valence-electron chi connectivity index (χ2n) is 12.7. The Kier molecular flexibility index (Phi) is 8.49. The molecule has 4 aromatic carbocycles. The quantitative estimate of drug-likeness (QED) is 0.129. The summed E-state index contributed by atoms with van der Waals surface area (Å²) >= 11 is 0. The first-order valence-corrected chi connectivity index (χ1v) is 16.0. The van der Waals surface area contributed by atoms with Crippen molar-refractivity contribution in [2.24, 2.45) is 4.99 Å². The highest BCUT2D eigenvalue weighted by molar-refractivity contribution is 6.05. The lowest BCUT2D eigenvalue weighted by molar-refractivity contribution is 0.616. The fraction of sp³-hybridized carbons (Fsp3) is 0.136. The van der Waals surface area contributed by atoms with Gasteiger partial charge in [-0.3, -0.25) is 4.90 Å². The molecule has 1 aliphatic heterocycles. The molecule has 0 unspecified atom stereocenters. The number of allylic oxidation sites excluding steroid dienone is 7. The molecule has 0 bridgehead atoms. The third kappa shape index (κ3) is 5.48. The van der Waals surface area contributed by atoms with Crippen LogP contribution < -0.4 is 4.90 Å². The van der Waals surface area contributed by atoms with E-state index in [2.05, 4.69) is 148 Å². The minimum absolute atomic E-state index is 0.356. The molecular formula is C44H41N3. The van der Waals surface area contributed by atoms with Crippen LogP contribution in [-0.2, 0) is 5.41 Å². The fourth-order valence-corrected chi connectivity index (χ4v) is 6.86. The first kappa shape index (κ1) is 31.4. The summed E-state index contributed by atoms with van der Waals surface area (Å²) in [6.45, 7) is 23.0. The van der Waals surface area contributed by atoms with E-state index in [9.17, 15) is 0 Å². The molecule has 232 valence electrons. The number of pyridine rings is 1. The number of anilines is 2. The van der Waals surface area contributed by atoms with Crippen molar-refractivity contribution in [3.05, 3.63) is 168 Å². The molecule has 0 saturated carbocycles. The zero-order valence-electron chi connectivity index (χ0n) is 28.0. The summed E-state index contributed by atoms with van der Waals surface area (Å²) in [7, 11) is 0. The van der Waals surface area contributed by atoms with Crippen molar-refractivity contribution in [1.82, 2.24) is 4.98 Å². The Morgan fingerprint density at radius 1 is 0.830 bits per heavy atom. The third-order valence-corrected chi connectivity index (χ3v) is 9.28. The van der Waals surface area contributed by atoms with Crippen molar-refractivity contribution in [2.75, 3.05) is 4.90 Å².